The smallest absolute Gasteiger partial charge is 0.369 e. The highest BCUT2D eigenvalue weighted by Crippen LogP contribution is 2.24. The third-order valence-electron chi connectivity index (χ3n) is 3.84. The summed E-state index contributed by atoms with van der Waals surface area (Å²) in [6.45, 7) is 1.57. The summed E-state index contributed by atoms with van der Waals surface area (Å²) in [6, 6.07) is 2.16. The number of hydrogen-bond donors (Lipinski definition) is 1. The number of nitrogens with one attached hydrogen (secondary N) is 1. The fourth-order valence-electron chi connectivity index (χ4n) is 2.63. The van der Waals surface area contributed by atoms with Gasteiger partial charge in [0.25, 0.3) is 0 Å². The molecule has 1 saturated carbocycles. The second kappa shape index (κ2) is 7.22. The van der Waals surface area contributed by atoms with E-state index in [1.165, 1.54) is 0 Å². The van der Waals surface area contributed by atoms with Crippen LogP contribution in [-0.2, 0) is 11.3 Å². The van der Waals surface area contributed by atoms with Crippen molar-refractivity contribution in [3.8, 4) is 0 Å². The van der Waals surface area contributed by atoms with Crippen molar-refractivity contribution in [1.82, 2.24) is 10.3 Å². The van der Waals surface area contributed by atoms with Crippen molar-refractivity contribution in [2.24, 2.45) is 0 Å². The van der Waals surface area contributed by atoms with Crippen molar-refractivity contribution < 1.29 is 17.9 Å². The summed E-state index contributed by atoms with van der Waals surface area (Å²) in [4.78, 5) is 4.09. The van der Waals surface area contributed by atoms with E-state index in [0.29, 0.717) is 19.4 Å². The van der Waals surface area contributed by atoms with Crippen molar-refractivity contribution in [3.63, 3.8) is 0 Å². The maximum atomic E-state index is 12.2. The molecule has 0 amide bonds. The lowest BCUT2D eigenvalue weighted by Crippen LogP contribution is -2.38. The molecule has 2 atom stereocenters. The molecule has 0 radical (unpaired) electrons. The van der Waals surface area contributed by atoms with E-state index in [1.807, 2.05) is 19.2 Å². The molecule has 2 unspecified atom stereocenters. The molecule has 0 aromatic carbocycles. The second-order valence-electron chi connectivity index (χ2n) is 5.59. The number of halogens is 3. The molecular formula is C15H21F3N2O. The van der Waals surface area contributed by atoms with Crippen LogP contribution in [0.15, 0.2) is 18.5 Å². The lowest BCUT2D eigenvalue weighted by Gasteiger charge is -2.30. The Hall–Kier alpha value is -1.14. The summed E-state index contributed by atoms with van der Waals surface area (Å²) in [5.41, 5.74) is 2.29. The maximum absolute atomic E-state index is 12.2. The minimum absolute atomic E-state index is 0.205. The van der Waals surface area contributed by atoms with E-state index in [2.05, 4.69) is 10.3 Å². The first kappa shape index (κ1) is 16.2. The van der Waals surface area contributed by atoms with Crippen LogP contribution in [0.25, 0.3) is 0 Å². The highest BCUT2D eigenvalue weighted by Gasteiger charge is 2.31. The van der Waals surface area contributed by atoms with Gasteiger partial charge in [-0.25, -0.2) is 0 Å². The van der Waals surface area contributed by atoms with Gasteiger partial charge in [-0.3, -0.25) is 4.98 Å². The topological polar surface area (TPSA) is 34.2 Å². The SMILES string of the molecule is Cc1ccncc1CNC1CCCC(OCC(F)(F)F)C1. The maximum Gasteiger partial charge on any atom is 0.411 e. The summed E-state index contributed by atoms with van der Waals surface area (Å²) in [5, 5.41) is 3.40. The predicted octanol–water partition coefficient (Wildman–Crippen LogP) is 3.37. The molecule has 3 nitrogen and oxygen atoms in total. The van der Waals surface area contributed by atoms with E-state index in [9.17, 15) is 13.2 Å². The highest BCUT2D eigenvalue weighted by atomic mass is 19.4. The first-order valence-electron chi connectivity index (χ1n) is 7.25. The average molecular weight is 302 g/mol. The molecule has 118 valence electrons. The molecule has 0 aliphatic heterocycles. The van der Waals surface area contributed by atoms with Gasteiger partial charge in [0.2, 0.25) is 0 Å². The van der Waals surface area contributed by atoms with Gasteiger partial charge in [-0.2, -0.15) is 13.2 Å². The van der Waals surface area contributed by atoms with E-state index in [1.54, 1.807) is 6.20 Å². The zero-order valence-corrected chi connectivity index (χ0v) is 12.1. The standard InChI is InChI=1S/C15H21F3N2O/c1-11-5-6-19-8-12(11)9-20-13-3-2-4-14(7-13)21-10-15(16,17)18/h5-6,8,13-14,20H,2-4,7,9-10H2,1H3. The molecule has 0 spiro atoms. The highest BCUT2D eigenvalue weighted by molar-refractivity contribution is 5.21. The molecule has 6 heteroatoms. The van der Waals surface area contributed by atoms with Gasteiger partial charge in [-0.05, 0) is 49.8 Å². The van der Waals surface area contributed by atoms with Crippen LogP contribution in [-0.4, -0.2) is 29.9 Å². The van der Waals surface area contributed by atoms with Crippen LogP contribution in [0.3, 0.4) is 0 Å². The van der Waals surface area contributed by atoms with Crippen molar-refractivity contribution in [2.75, 3.05) is 6.61 Å². The minimum Gasteiger partial charge on any atom is -0.369 e. The molecule has 1 heterocycles. The summed E-state index contributed by atoms with van der Waals surface area (Å²) >= 11 is 0. The molecule has 1 N–H and O–H groups in total. The number of alkyl halides is 3. The van der Waals surface area contributed by atoms with Crippen molar-refractivity contribution >= 4 is 0 Å². The lowest BCUT2D eigenvalue weighted by molar-refractivity contribution is -0.188. The molecule has 1 aliphatic carbocycles. The number of nitrogens with zero attached hydrogens (tertiary/aromatic N) is 1. The summed E-state index contributed by atoms with van der Waals surface area (Å²) < 4.78 is 41.5. The van der Waals surface area contributed by atoms with E-state index in [4.69, 9.17) is 4.74 Å². The van der Waals surface area contributed by atoms with E-state index in [-0.39, 0.29) is 12.1 Å². The van der Waals surface area contributed by atoms with Crippen LogP contribution in [0.4, 0.5) is 13.2 Å². The second-order valence-corrected chi connectivity index (χ2v) is 5.59. The Balaban J connectivity index is 1.78. The number of pyridine rings is 1. The normalized spacial score (nSPS) is 23.2. The van der Waals surface area contributed by atoms with Gasteiger partial charge < -0.3 is 10.1 Å². The largest absolute Gasteiger partial charge is 0.411 e. The van der Waals surface area contributed by atoms with Crippen molar-refractivity contribution in [2.45, 2.75) is 57.5 Å². The Morgan fingerprint density at radius 3 is 2.90 bits per heavy atom. The summed E-state index contributed by atoms with van der Waals surface area (Å²) in [5.74, 6) is 0. The van der Waals surface area contributed by atoms with Gasteiger partial charge in [-0.15, -0.1) is 0 Å². The number of aromatic nitrogens is 1. The summed E-state index contributed by atoms with van der Waals surface area (Å²) in [6.07, 6.45) is 2.25. The van der Waals surface area contributed by atoms with Crippen LogP contribution in [0.1, 0.15) is 36.8 Å². The van der Waals surface area contributed by atoms with Crippen LogP contribution in [0.2, 0.25) is 0 Å². The van der Waals surface area contributed by atoms with Gasteiger partial charge in [-0.1, -0.05) is 0 Å². The molecular weight excluding hydrogens is 281 g/mol. The van der Waals surface area contributed by atoms with Crippen LogP contribution >= 0.6 is 0 Å². The zero-order chi connectivity index (χ0) is 15.3. The van der Waals surface area contributed by atoms with Crippen molar-refractivity contribution in [1.29, 1.82) is 0 Å². The molecule has 1 aromatic heterocycles. The Labute approximate surface area is 122 Å². The third-order valence-corrected chi connectivity index (χ3v) is 3.84. The van der Waals surface area contributed by atoms with Gasteiger partial charge in [0.1, 0.15) is 6.61 Å². The molecule has 1 aliphatic rings. The number of ether oxygens (including phenoxy) is 1. The Morgan fingerprint density at radius 1 is 1.38 bits per heavy atom. The number of rotatable bonds is 5. The minimum atomic E-state index is -4.24. The predicted molar refractivity (Wildman–Crippen MR) is 73.9 cm³/mol. The zero-order valence-electron chi connectivity index (χ0n) is 12.1. The van der Waals surface area contributed by atoms with E-state index in [0.717, 1.165) is 24.0 Å². The number of hydrogen-bond acceptors (Lipinski definition) is 3. The number of aryl methyl sites for hydroxylation is 1. The van der Waals surface area contributed by atoms with Gasteiger partial charge in [0, 0.05) is 25.0 Å². The van der Waals surface area contributed by atoms with Crippen LogP contribution < -0.4 is 5.32 Å². The molecule has 21 heavy (non-hydrogen) atoms. The van der Waals surface area contributed by atoms with Gasteiger partial charge >= 0.3 is 6.18 Å². The van der Waals surface area contributed by atoms with Crippen LogP contribution in [0, 0.1) is 6.92 Å². The molecule has 2 rings (SSSR count). The van der Waals surface area contributed by atoms with E-state index >= 15 is 0 Å². The molecule has 0 saturated heterocycles. The Kier molecular flexibility index (Phi) is 5.58. The molecule has 0 bridgehead atoms. The fourth-order valence-corrected chi connectivity index (χ4v) is 2.63. The van der Waals surface area contributed by atoms with Gasteiger partial charge in [0.05, 0.1) is 6.10 Å². The van der Waals surface area contributed by atoms with E-state index < -0.39 is 12.8 Å². The monoisotopic (exact) mass is 302 g/mol. The first-order valence-corrected chi connectivity index (χ1v) is 7.25. The summed E-state index contributed by atoms with van der Waals surface area (Å²) in [7, 11) is 0. The Morgan fingerprint density at radius 2 is 2.19 bits per heavy atom. The quantitative estimate of drug-likeness (QED) is 0.905. The molecule has 1 fully saturated rings. The third kappa shape index (κ3) is 5.63. The fraction of sp³-hybridized carbons (Fsp3) is 0.667. The van der Waals surface area contributed by atoms with Gasteiger partial charge in [0.15, 0.2) is 0 Å². The van der Waals surface area contributed by atoms with Crippen molar-refractivity contribution in [3.05, 3.63) is 29.6 Å². The van der Waals surface area contributed by atoms with Crippen LogP contribution in [0.5, 0.6) is 0 Å². The first-order chi connectivity index (χ1) is 9.94. The Bertz CT molecular complexity index is 451. The lowest BCUT2D eigenvalue weighted by atomic mass is 9.92. The molecule has 1 aromatic rings. The average Bonchev–Trinajstić information content (AvgIpc) is 2.44.